The van der Waals surface area contributed by atoms with Crippen LogP contribution in [0, 0.1) is 35.0 Å². The molecule has 0 radical (unpaired) electrons. The Kier molecular flexibility index (Phi) is 11.1. The Morgan fingerprint density at radius 3 is 2.61 bits per heavy atom. The third-order valence-electron chi connectivity index (χ3n) is 10.2. The molecule has 2 saturated carbocycles. The molecule has 240 valence electrons. The number of hydrogen-bond donors (Lipinski definition) is 0. The third kappa shape index (κ3) is 7.54. The maximum Gasteiger partial charge on any atom is 0.409 e. The van der Waals surface area contributed by atoms with Crippen LogP contribution in [0.2, 0.25) is 5.02 Å². The Labute approximate surface area is 267 Å². The Bertz CT molecular complexity index is 1370. The van der Waals surface area contributed by atoms with Crippen molar-refractivity contribution in [3.8, 4) is 11.8 Å². The molecule has 0 bridgehead atoms. The highest BCUT2D eigenvalue weighted by molar-refractivity contribution is 6.35. The van der Waals surface area contributed by atoms with Crippen LogP contribution in [0.25, 0.3) is 11.0 Å². The van der Waals surface area contributed by atoms with E-state index in [0.29, 0.717) is 49.1 Å². The van der Waals surface area contributed by atoms with E-state index in [0.717, 1.165) is 67.6 Å². The number of fused-ring (bicyclic) bond motifs is 1. The van der Waals surface area contributed by atoms with Gasteiger partial charge in [-0.1, -0.05) is 36.8 Å². The lowest BCUT2D eigenvalue weighted by Crippen LogP contribution is -2.50. The Hall–Kier alpha value is -2.76. The minimum absolute atomic E-state index is 0.206. The summed E-state index contributed by atoms with van der Waals surface area (Å²) in [5, 5.41) is 0.632. The first kappa shape index (κ1) is 32.6. The molecule has 1 aliphatic heterocycles. The fourth-order valence-electron chi connectivity index (χ4n) is 7.84. The van der Waals surface area contributed by atoms with E-state index in [2.05, 4.69) is 34.4 Å². The second-order valence-electron chi connectivity index (χ2n) is 13.2. The van der Waals surface area contributed by atoms with Crippen molar-refractivity contribution in [1.29, 1.82) is 0 Å². The average Bonchev–Trinajstić information content (AvgIpc) is 3.71. The van der Waals surface area contributed by atoms with Crippen LogP contribution in [0.4, 0.5) is 4.79 Å². The van der Waals surface area contributed by atoms with Crippen LogP contribution < -0.4 is 0 Å². The van der Waals surface area contributed by atoms with Crippen LogP contribution in [0.3, 0.4) is 0 Å². The van der Waals surface area contributed by atoms with Crippen molar-refractivity contribution in [2.75, 3.05) is 40.5 Å². The molecule has 1 aromatic carbocycles. The van der Waals surface area contributed by atoms with Gasteiger partial charge in [-0.25, -0.2) is 9.78 Å². The Balaban J connectivity index is 1.32. The van der Waals surface area contributed by atoms with Crippen LogP contribution in [0.1, 0.15) is 83.6 Å². The van der Waals surface area contributed by atoms with Gasteiger partial charge in [-0.2, -0.15) is 0 Å². The third-order valence-corrected chi connectivity index (χ3v) is 10.5. The number of hydrogen-bond acceptors (Lipinski definition) is 6. The molecule has 3 fully saturated rings. The van der Waals surface area contributed by atoms with Gasteiger partial charge in [-0.15, -0.1) is 5.92 Å². The molecule has 3 atom stereocenters. The van der Waals surface area contributed by atoms with Crippen LogP contribution in [-0.4, -0.2) is 73.0 Å². The number of imidazole rings is 1. The van der Waals surface area contributed by atoms with Crippen LogP contribution in [0.5, 0.6) is 0 Å². The van der Waals surface area contributed by atoms with E-state index >= 15 is 0 Å². The number of nitrogens with zero attached hydrogens (tertiary/aromatic N) is 4. The molecule has 9 heteroatoms. The highest BCUT2D eigenvalue weighted by atomic mass is 35.5. The first-order valence-electron chi connectivity index (χ1n) is 16.5. The van der Waals surface area contributed by atoms with Gasteiger partial charge in [0.05, 0.1) is 42.5 Å². The molecule has 3 unspecified atom stereocenters. The van der Waals surface area contributed by atoms with Gasteiger partial charge in [0.15, 0.2) is 5.90 Å². The summed E-state index contributed by atoms with van der Waals surface area (Å²) < 4.78 is 19.4. The summed E-state index contributed by atoms with van der Waals surface area (Å²) in [5.74, 6) is 8.33. The number of methoxy groups -OCH3 is 2. The number of rotatable bonds is 9. The van der Waals surface area contributed by atoms with Crippen molar-refractivity contribution >= 4 is 34.6 Å². The van der Waals surface area contributed by atoms with Crippen LogP contribution in [-0.2, 0) is 20.8 Å². The second kappa shape index (κ2) is 15.0. The van der Waals surface area contributed by atoms with E-state index in [1.54, 1.807) is 7.11 Å². The summed E-state index contributed by atoms with van der Waals surface area (Å²) in [6.07, 6.45) is 12.6. The van der Waals surface area contributed by atoms with Gasteiger partial charge in [0, 0.05) is 38.4 Å². The average molecular weight is 625 g/mol. The molecule has 0 spiro atoms. The summed E-state index contributed by atoms with van der Waals surface area (Å²) in [5.41, 5.74) is 2.36. The van der Waals surface area contributed by atoms with Gasteiger partial charge < -0.3 is 23.7 Å². The molecule has 0 N–H and O–H groups in total. The molecule has 3 aliphatic rings. The lowest BCUT2D eigenvalue weighted by Gasteiger charge is -2.42. The minimum atomic E-state index is -0.379. The van der Waals surface area contributed by atoms with E-state index in [-0.39, 0.29) is 17.6 Å². The van der Waals surface area contributed by atoms with E-state index in [9.17, 15) is 4.79 Å². The number of ether oxygens (including phenoxy) is 3. The van der Waals surface area contributed by atoms with E-state index < -0.39 is 0 Å². The van der Waals surface area contributed by atoms with Gasteiger partial charge in [0.25, 0.3) is 0 Å². The monoisotopic (exact) mass is 624 g/mol. The fourth-order valence-corrected chi connectivity index (χ4v) is 8.11. The highest BCUT2D eigenvalue weighted by Crippen LogP contribution is 2.38. The van der Waals surface area contributed by atoms with Crippen molar-refractivity contribution in [2.24, 2.45) is 28.2 Å². The number of aromatic nitrogens is 2. The predicted molar refractivity (Wildman–Crippen MR) is 175 cm³/mol. The van der Waals surface area contributed by atoms with Crippen molar-refractivity contribution in [3.05, 3.63) is 29.0 Å². The number of carbonyl (C=O) groups is 1. The molecule has 2 aliphatic carbocycles. The second-order valence-corrected chi connectivity index (χ2v) is 13.6. The van der Waals surface area contributed by atoms with Gasteiger partial charge in [0.2, 0.25) is 0 Å². The van der Waals surface area contributed by atoms with Crippen LogP contribution in [0.15, 0.2) is 23.5 Å². The van der Waals surface area contributed by atoms with Gasteiger partial charge in [-0.3, -0.25) is 4.99 Å². The molecule has 1 amide bonds. The fraction of sp³-hybridized carbons (Fsp3) is 0.686. The molecular weight excluding hydrogens is 576 g/mol. The molecule has 8 nitrogen and oxygen atoms in total. The SMILES string of the molecule is CC#Cc1cc(Cl)c2ncn(CC3CCCC(CN(CC4(/C(=N/C(C)C5CCCC5)OC)CCOCC4)C(=O)OC)C3)c2c1. The van der Waals surface area contributed by atoms with Crippen molar-refractivity contribution in [3.63, 3.8) is 0 Å². The quantitative estimate of drug-likeness (QED) is 0.166. The minimum Gasteiger partial charge on any atom is -0.484 e. The standard InChI is InChI=1S/C35H49ClN4O4/c1-5-9-26-19-30(36)32-31(20-26)40(24-37-32)22-28-11-8-10-27(18-28)21-39(34(41)43-4)23-35(14-16-44-17-15-35)33(42-3)38-25(2)29-12-6-7-13-29/h19-20,24-25,27-29H,6-8,10-18,21-23H2,1-4H3/b38-33-. The number of halogens is 1. The zero-order valence-electron chi connectivity index (χ0n) is 26.9. The first-order valence-corrected chi connectivity index (χ1v) is 16.8. The maximum atomic E-state index is 13.3. The lowest BCUT2D eigenvalue weighted by molar-refractivity contribution is 0.0143. The van der Waals surface area contributed by atoms with Gasteiger partial charge in [0.1, 0.15) is 5.52 Å². The van der Waals surface area contributed by atoms with Crippen molar-refractivity contribution in [2.45, 2.75) is 90.6 Å². The summed E-state index contributed by atoms with van der Waals surface area (Å²) in [6, 6.07) is 4.17. The van der Waals surface area contributed by atoms with Crippen LogP contribution >= 0.6 is 11.6 Å². The van der Waals surface area contributed by atoms with Crippen molar-refractivity contribution in [1.82, 2.24) is 14.5 Å². The van der Waals surface area contributed by atoms with Gasteiger partial charge in [-0.05, 0) is 88.7 Å². The van der Waals surface area contributed by atoms with Gasteiger partial charge >= 0.3 is 6.09 Å². The lowest BCUT2D eigenvalue weighted by atomic mass is 9.77. The van der Waals surface area contributed by atoms with Crippen molar-refractivity contribution < 1.29 is 19.0 Å². The summed E-state index contributed by atoms with van der Waals surface area (Å²) in [7, 11) is 3.21. The number of amides is 1. The summed E-state index contributed by atoms with van der Waals surface area (Å²) >= 11 is 6.54. The zero-order valence-corrected chi connectivity index (χ0v) is 27.7. The van der Waals surface area contributed by atoms with E-state index in [1.807, 2.05) is 24.2 Å². The topological polar surface area (TPSA) is 78.2 Å². The maximum absolute atomic E-state index is 13.3. The predicted octanol–water partition coefficient (Wildman–Crippen LogP) is 7.36. The molecule has 2 heterocycles. The highest BCUT2D eigenvalue weighted by Gasteiger charge is 2.43. The largest absolute Gasteiger partial charge is 0.484 e. The summed E-state index contributed by atoms with van der Waals surface area (Å²) in [6.45, 7) is 7.38. The number of benzene rings is 1. The van der Waals surface area contributed by atoms with E-state index in [4.69, 9.17) is 30.8 Å². The molecule has 5 rings (SSSR count). The molecular formula is C35H49ClN4O4. The Morgan fingerprint density at radius 2 is 1.91 bits per heavy atom. The normalized spacial score (nSPS) is 23.2. The summed E-state index contributed by atoms with van der Waals surface area (Å²) in [4.78, 5) is 25.0. The first-order chi connectivity index (χ1) is 21.4. The van der Waals surface area contributed by atoms with E-state index in [1.165, 1.54) is 32.8 Å². The molecule has 1 saturated heterocycles. The zero-order chi connectivity index (χ0) is 31.1. The Morgan fingerprint density at radius 1 is 1.16 bits per heavy atom. The number of carbonyl (C=O) groups excluding carboxylic acids is 1. The smallest absolute Gasteiger partial charge is 0.409 e. The molecule has 2 aromatic rings. The molecule has 1 aromatic heterocycles. The molecule has 44 heavy (non-hydrogen) atoms. The number of aliphatic imine (C=N–C) groups is 1.